The van der Waals surface area contributed by atoms with Gasteiger partial charge in [-0.05, 0) is 33.1 Å². The molecule has 6 nitrogen and oxygen atoms in total. The van der Waals surface area contributed by atoms with Crippen molar-refractivity contribution in [1.82, 2.24) is 0 Å². The molecule has 0 fully saturated rings. The van der Waals surface area contributed by atoms with Crippen molar-refractivity contribution < 1.29 is 24.9 Å². The van der Waals surface area contributed by atoms with E-state index in [4.69, 9.17) is 25.8 Å². The minimum Gasteiger partial charge on any atom is -0.372 e. The lowest BCUT2D eigenvalue weighted by Crippen LogP contribution is -2.43. The minimum atomic E-state index is -2.76. The Morgan fingerprint density at radius 1 is 1.39 bits per heavy atom. The fraction of sp³-hybridized carbons (Fsp3) is 0.750. The molecule has 0 aliphatic rings. The smallest absolute Gasteiger partial charge is 0.284 e. The summed E-state index contributed by atoms with van der Waals surface area (Å²) in [4.78, 5) is 10.9. The zero-order chi connectivity index (χ0) is 14.4. The largest absolute Gasteiger partial charge is 0.372 e. The Kier molecular flexibility index (Phi) is 6.48. The summed E-state index contributed by atoms with van der Waals surface area (Å²) < 4.78 is 4.89. The average molecular weight is 261 g/mol. The third kappa shape index (κ3) is 5.59. The van der Waals surface area contributed by atoms with Crippen LogP contribution in [0.4, 0.5) is 0 Å². The van der Waals surface area contributed by atoms with Crippen molar-refractivity contribution in [2.45, 2.75) is 45.2 Å². The van der Waals surface area contributed by atoms with Crippen molar-refractivity contribution in [3.8, 4) is 0 Å². The molecule has 18 heavy (non-hydrogen) atoms. The second-order valence-corrected chi connectivity index (χ2v) is 4.82. The zero-order valence-corrected chi connectivity index (χ0v) is 11.1. The first kappa shape index (κ1) is 17.1. The van der Waals surface area contributed by atoms with E-state index < -0.39 is 23.4 Å². The van der Waals surface area contributed by atoms with Crippen LogP contribution in [0.5, 0.6) is 0 Å². The highest BCUT2D eigenvalue weighted by Gasteiger charge is 2.37. The molecule has 0 saturated carbocycles. The van der Waals surface area contributed by atoms with E-state index in [0.29, 0.717) is 19.3 Å². The Hall–Kier alpha value is -0.950. The number of amides is 1. The molecule has 0 radical (unpaired) electrons. The normalized spacial score (nSPS) is 15.0. The van der Waals surface area contributed by atoms with Gasteiger partial charge in [-0.25, -0.2) is 0 Å². The number of ether oxygens (including phenoxy) is 1. The SMILES string of the molecule is COC(CCCC=CC(C)(C)C(O)(O)O)C(N)=O. The maximum absolute atomic E-state index is 10.9. The van der Waals surface area contributed by atoms with Crippen LogP contribution in [0.15, 0.2) is 12.2 Å². The molecule has 0 aromatic heterocycles. The number of nitrogens with two attached hydrogens (primary N) is 1. The van der Waals surface area contributed by atoms with E-state index in [1.807, 2.05) is 0 Å². The summed E-state index contributed by atoms with van der Waals surface area (Å²) in [5, 5.41) is 27.2. The number of hydrogen-bond donors (Lipinski definition) is 4. The van der Waals surface area contributed by atoms with Gasteiger partial charge in [0.15, 0.2) is 0 Å². The van der Waals surface area contributed by atoms with Gasteiger partial charge in [-0.2, -0.15) is 0 Å². The molecule has 1 amide bonds. The summed E-state index contributed by atoms with van der Waals surface area (Å²) in [5.41, 5.74) is 3.94. The second-order valence-electron chi connectivity index (χ2n) is 4.82. The molecule has 0 aliphatic carbocycles. The molecule has 5 N–H and O–H groups in total. The van der Waals surface area contributed by atoms with Crippen molar-refractivity contribution in [1.29, 1.82) is 0 Å². The predicted molar refractivity (Wildman–Crippen MR) is 66.2 cm³/mol. The van der Waals surface area contributed by atoms with E-state index in [-0.39, 0.29) is 0 Å². The Morgan fingerprint density at radius 3 is 2.33 bits per heavy atom. The number of hydrogen-bond acceptors (Lipinski definition) is 5. The third-order valence-electron chi connectivity index (χ3n) is 2.84. The number of unbranched alkanes of at least 4 members (excludes halogenated alkanes) is 1. The fourth-order valence-corrected chi connectivity index (χ4v) is 1.29. The lowest BCUT2D eigenvalue weighted by atomic mass is 9.89. The topological polar surface area (TPSA) is 113 Å². The molecule has 0 heterocycles. The first-order valence-electron chi connectivity index (χ1n) is 5.78. The van der Waals surface area contributed by atoms with Gasteiger partial charge in [0, 0.05) is 7.11 Å². The maximum Gasteiger partial charge on any atom is 0.284 e. The number of aliphatic hydroxyl groups is 3. The van der Waals surface area contributed by atoms with Crippen molar-refractivity contribution in [3.05, 3.63) is 12.2 Å². The van der Waals surface area contributed by atoms with Gasteiger partial charge in [-0.15, -0.1) is 0 Å². The summed E-state index contributed by atoms with van der Waals surface area (Å²) in [6.45, 7) is 2.98. The van der Waals surface area contributed by atoms with Gasteiger partial charge >= 0.3 is 0 Å². The van der Waals surface area contributed by atoms with Crippen LogP contribution in [0.25, 0.3) is 0 Å². The highest BCUT2D eigenvalue weighted by Crippen LogP contribution is 2.28. The number of methoxy groups -OCH3 is 1. The van der Waals surface area contributed by atoms with E-state index in [1.165, 1.54) is 27.0 Å². The summed E-state index contributed by atoms with van der Waals surface area (Å²) >= 11 is 0. The quantitative estimate of drug-likeness (QED) is 0.276. The van der Waals surface area contributed by atoms with Gasteiger partial charge in [0.25, 0.3) is 5.97 Å². The molecule has 0 aromatic carbocycles. The molecule has 106 valence electrons. The Bertz CT molecular complexity index is 293. The lowest BCUT2D eigenvalue weighted by molar-refractivity contribution is -0.356. The fourth-order valence-electron chi connectivity index (χ4n) is 1.29. The number of carbonyl (C=O) groups excluding carboxylic acids is 1. The van der Waals surface area contributed by atoms with E-state index in [9.17, 15) is 4.79 Å². The number of primary amides is 1. The number of allylic oxidation sites excluding steroid dienone is 1. The first-order valence-corrected chi connectivity index (χ1v) is 5.78. The lowest BCUT2D eigenvalue weighted by Gasteiger charge is -2.30. The zero-order valence-electron chi connectivity index (χ0n) is 11.1. The van der Waals surface area contributed by atoms with Gasteiger partial charge in [0.1, 0.15) is 6.10 Å². The molecule has 0 spiro atoms. The number of carbonyl (C=O) groups is 1. The highest BCUT2D eigenvalue weighted by molar-refractivity contribution is 5.78. The molecular formula is C12H23NO5. The Labute approximate surface area is 107 Å². The van der Waals surface area contributed by atoms with Crippen LogP contribution in [0.1, 0.15) is 33.1 Å². The van der Waals surface area contributed by atoms with Crippen molar-refractivity contribution in [2.24, 2.45) is 11.1 Å². The molecular weight excluding hydrogens is 238 g/mol. The Morgan fingerprint density at radius 2 is 1.94 bits per heavy atom. The van der Waals surface area contributed by atoms with E-state index in [1.54, 1.807) is 6.08 Å². The predicted octanol–water partition coefficient (Wildman–Crippen LogP) is -0.130. The molecule has 0 saturated heterocycles. The van der Waals surface area contributed by atoms with Gasteiger partial charge in [-0.1, -0.05) is 12.2 Å². The average Bonchev–Trinajstić information content (AvgIpc) is 2.20. The molecule has 1 unspecified atom stereocenters. The van der Waals surface area contributed by atoms with Crippen LogP contribution in [0.2, 0.25) is 0 Å². The standard InChI is InChI=1S/C12H23NO5/c1-11(2,12(15,16)17)8-6-4-5-7-9(18-3)10(13)14/h6,8-9,15-17H,4-5,7H2,1-3H3,(H2,13,14). The molecule has 1 atom stereocenters. The van der Waals surface area contributed by atoms with Crippen LogP contribution in [0.3, 0.4) is 0 Å². The molecule has 6 heteroatoms. The maximum atomic E-state index is 10.9. The number of rotatable bonds is 8. The van der Waals surface area contributed by atoms with Gasteiger partial charge in [-0.3, -0.25) is 4.79 Å². The first-order chi connectivity index (χ1) is 8.12. The van der Waals surface area contributed by atoms with E-state index in [0.717, 1.165) is 0 Å². The third-order valence-corrected chi connectivity index (χ3v) is 2.84. The summed E-state index contributed by atoms with van der Waals surface area (Å²) in [6, 6.07) is 0. The van der Waals surface area contributed by atoms with E-state index >= 15 is 0 Å². The van der Waals surface area contributed by atoms with Crippen LogP contribution in [-0.4, -0.2) is 40.4 Å². The summed E-state index contributed by atoms with van der Waals surface area (Å²) in [5.74, 6) is -3.26. The molecule has 0 aliphatic heterocycles. The second kappa shape index (κ2) is 6.84. The van der Waals surface area contributed by atoms with Crippen LogP contribution in [-0.2, 0) is 9.53 Å². The highest BCUT2D eigenvalue weighted by atomic mass is 16.7. The van der Waals surface area contributed by atoms with Crippen molar-refractivity contribution >= 4 is 5.91 Å². The molecule has 0 aromatic rings. The van der Waals surface area contributed by atoms with Crippen LogP contribution in [0, 0.1) is 5.41 Å². The van der Waals surface area contributed by atoms with Crippen molar-refractivity contribution in [2.75, 3.05) is 7.11 Å². The van der Waals surface area contributed by atoms with Gasteiger partial charge in [0.2, 0.25) is 5.91 Å². The van der Waals surface area contributed by atoms with E-state index in [2.05, 4.69) is 0 Å². The van der Waals surface area contributed by atoms with Gasteiger partial charge < -0.3 is 25.8 Å². The van der Waals surface area contributed by atoms with Crippen LogP contribution < -0.4 is 5.73 Å². The van der Waals surface area contributed by atoms with Crippen molar-refractivity contribution in [3.63, 3.8) is 0 Å². The monoisotopic (exact) mass is 261 g/mol. The van der Waals surface area contributed by atoms with Gasteiger partial charge in [0.05, 0.1) is 5.41 Å². The molecule has 0 rings (SSSR count). The molecule has 0 bridgehead atoms. The Balaban J connectivity index is 4.09. The summed E-state index contributed by atoms with van der Waals surface area (Å²) in [7, 11) is 1.42. The van der Waals surface area contributed by atoms with Crippen LogP contribution >= 0.6 is 0 Å². The summed E-state index contributed by atoms with van der Waals surface area (Å²) in [6.07, 6.45) is 4.42. The minimum absolute atomic E-state index is 0.498.